The lowest BCUT2D eigenvalue weighted by atomic mass is 9.74. The minimum absolute atomic E-state index is 0.212. The Labute approximate surface area is 99.2 Å². The number of amides is 1. The van der Waals surface area contributed by atoms with Crippen LogP contribution in [0.3, 0.4) is 0 Å². The molecule has 0 aromatic carbocycles. The molecule has 0 aliphatic heterocycles. The largest absolute Gasteiger partial charge is 0.368 e. The minimum Gasteiger partial charge on any atom is -0.368 e. The zero-order valence-corrected chi connectivity index (χ0v) is 11.0. The second kappa shape index (κ2) is 5.67. The van der Waals surface area contributed by atoms with Gasteiger partial charge in [0.2, 0.25) is 5.91 Å². The molecule has 0 spiro atoms. The van der Waals surface area contributed by atoms with Gasteiger partial charge in [-0.15, -0.1) is 0 Å². The maximum atomic E-state index is 11.1. The molecule has 0 heterocycles. The van der Waals surface area contributed by atoms with Crippen LogP contribution in [-0.2, 0) is 4.79 Å². The average molecular weight is 226 g/mol. The third kappa shape index (κ3) is 3.48. The number of primary amides is 1. The van der Waals surface area contributed by atoms with Gasteiger partial charge in [-0.3, -0.25) is 4.79 Å². The lowest BCUT2D eigenvalue weighted by molar-refractivity contribution is -0.120. The van der Waals surface area contributed by atoms with Gasteiger partial charge in [-0.05, 0) is 37.5 Å². The second-order valence-electron chi connectivity index (χ2n) is 5.72. The molecule has 3 N–H and O–H groups in total. The summed E-state index contributed by atoms with van der Waals surface area (Å²) in [6, 6.07) is 0.239. The number of carbonyl (C=O) groups excluding carboxylic acids is 1. The average Bonchev–Trinajstić information content (AvgIpc) is 2.16. The molecule has 1 aliphatic rings. The van der Waals surface area contributed by atoms with Crippen LogP contribution < -0.4 is 11.1 Å². The normalized spacial score (nSPS) is 32.7. The summed E-state index contributed by atoms with van der Waals surface area (Å²) in [5.41, 5.74) is 5.31. The van der Waals surface area contributed by atoms with E-state index in [1.807, 2.05) is 6.92 Å². The summed E-state index contributed by atoms with van der Waals surface area (Å²) >= 11 is 0. The highest BCUT2D eigenvalue weighted by Crippen LogP contribution is 2.33. The summed E-state index contributed by atoms with van der Waals surface area (Å²) in [6.45, 7) is 8.69. The SMILES string of the molecule is CC1CCC(C(C)C)C(NC(C)C(N)=O)C1. The van der Waals surface area contributed by atoms with E-state index in [1.54, 1.807) is 0 Å². The zero-order chi connectivity index (χ0) is 12.3. The molecule has 0 aromatic rings. The van der Waals surface area contributed by atoms with Crippen molar-refractivity contribution < 1.29 is 4.79 Å². The number of hydrogen-bond acceptors (Lipinski definition) is 2. The Kier molecular flexibility index (Phi) is 4.78. The van der Waals surface area contributed by atoms with E-state index in [0.29, 0.717) is 17.9 Å². The zero-order valence-electron chi connectivity index (χ0n) is 11.0. The predicted octanol–water partition coefficient (Wildman–Crippen LogP) is 1.91. The molecule has 16 heavy (non-hydrogen) atoms. The lowest BCUT2D eigenvalue weighted by Crippen LogP contribution is -2.50. The second-order valence-corrected chi connectivity index (χ2v) is 5.72. The van der Waals surface area contributed by atoms with E-state index in [-0.39, 0.29) is 11.9 Å². The van der Waals surface area contributed by atoms with Crippen molar-refractivity contribution in [2.75, 3.05) is 0 Å². The van der Waals surface area contributed by atoms with Crippen LogP contribution in [0.5, 0.6) is 0 Å². The van der Waals surface area contributed by atoms with Crippen molar-refractivity contribution in [1.82, 2.24) is 5.32 Å². The van der Waals surface area contributed by atoms with E-state index in [4.69, 9.17) is 5.73 Å². The summed E-state index contributed by atoms with van der Waals surface area (Å²) in [4.78, 5) is 11.1. The van der Waals surface area contributed by atoms with Crippen LogP contribution in [0.4, 0.5) is 0 Å². The van der Waals surface area contributed by atoms with Crippen LogP contribution in [0.15, 0.2) is 0 Å². The van der Waals surface area contributed by atoms with Crippen molar-refractivity contribution in [1.29, 1.82) is 0 Å². The third-order valence-electron chi connectivity index (χ3n) is 3.91. The molecule has 0 aromatic heterocycles. The molecule has 1 saturated carbocycles. The van der Waals surface area contributed by atoms with Crippen molar-refractivity contribution in [2.45, 2.75) is 59.0 Å². The van der Waals surface area contributed by atoms with Gasteiger partial charge in [0.25, 0.3) is 0 Å². The van der Waals surface area contributed by atoms with Crippen LogP contribution in [0.2, 0.25) is 0 Å². The molecule has 4 atom stereocenters. The minimum atomic E-state index is -0.249. The van der Waals surface area contributed by atoms with Gasteiger partial charge in [0.05, 0.1) is 6.04 Å². The highest BCUT2D eigenvalue weighted by atomic mass is 16.1. The number of hydrogen-bond donors (Lipinski definition) is 2. The molecule has 1 fully saturated rings. The van der Waals surface area contributed by atoms with Gasteiger partial charge in [-0.1, -0.05) is 27.2 Å². The predicted molar refractivity (Wildman–Crippen MR) is 66.9 cm³/mol. The Morgan fingerprint density at radius 3 is 2.44 bits per heavy atom. The maximum absolute atomic E-state index is 11.1. The highest BCUT2D eigenvalue weighted by Gasteiger charge is 2.31. The van der Waals surface area contributed by atoms with Gasteiger partial charge in [0.15, 0.2) is 0 Å². The van der Waals surface area contributed by atoms with Crippen molar-refractivity contribution >= 4 is 5.91 Å². The fourth-order valence-corrected chi connectivity index (χ4v) is 2.80. The van der Waals surface area contributed by atoms with Crippen molar-refractivity contribution in [3.63, 3.8) is 0 Å². The Morgan fingerprint density at radius 2 is 1.94 bits per heavy atom. The van der Waals surface area contributed by atoms with Crippen LogP contribution in [0.1, 0.15) is 47.0 Å². The first-order chi connectivity index (χ1) is 7.41. The van der Waals surface area contributed by atoms with E-state index in [9.17, 15) is 4.79 Å². The van der Waals surface area contributed by atoms with Gasteiger partial charge in [0.1, 0.15) is 0 Å². The fraction of sp³-hybridized carbons (Fsp3) is 0.923. The van der Waals surface area contributed by atoms with Gasteiger partial charge >= 0.3 is 0 Å². The van der Waals surface area contributed by atoms with E-state index in [2.05, 4.69) is 26.1 Å². The molecule has 3 heteroatoms. The molecule has 4 unspecified atom stereocenters. The van der Waals surface area contributed by atoms with Crippen molar-refractivity contribution in [3.05, 3.63) is 0 Å². The number of carbonyl (C=O) groups is 1. The molecule has 1 amide bonds. The summed E-state index contributed by atoms with van der Waals surface area (Å²) in [7, 11) is 0. The van der Waals surface area contributed by atoms with Gasteiger partial charge in [-0.25, -0.2) is 0 Å². The molecule has 94 valence electrons. The summed E-state index contributed by atoms with van der Waals surface area (Å²) < 4.78 is 0. The van der Waals surface area contributed by atoms with Crippen LogP contribution in [0, 0.1) is 17.8 Å². The smallest absolute Gasteiger partial charge is 0.234 e. The van der Waals surface area contributed by atoms with Gasteiger partial charge in [-0.2, -0.15) is 0 Å². The first-order valence-corrected chi connectivity index (χ1v) is 6.47. The van der Waals surface area contributed by atoms with E-state index >= 15 is 0 Å². The van der Waals surface area contributed by atoms with Crippen molar-refractivity contribution in [3.8, 4) is 0 Å². The summed E-state index contributed by atoms with van der Waals surface area (Å²) in [5, 5.41) is 3.41. The molecular weight excluding hydrogens is 200 g/mol. The first-order valence-electron chi connectivity index (χ1n) is 6.47. The Hall–Kier alpha value is -0.570. The van der Waals surface area contributed by atoms with E-state index in [1.165, 1.54) is 19.3 Å². The van der Waals surface area contributed by atoms with E-state index in [0.717, 1.165) is 5.92 Å². The van der Waals surface area contributed by atoms with Crippen molar-refractivity contribution in [2.24, 2.45) is 23.5 Å². The van der Waals surface area contributed by atoms with Crippen LogP contribution >= 0.6 is 0 Å². The monoisotopic (exact) mass is 226 g/mol. The number of rotatable bonds is 4. The molecule has 0 radical (unpaired) electrons. The third-order valence-corrected chi connectivity index (χ3v) is 3.91. The summed E-state index contributed by atoms with van der Waals surface area (Å²) in [5.74, 6) is 1.86. The molecule has 1 rings (SSSR count). The van der Waals surface area contributed by atoms with Gasteiger partial charge < -0.3 is 11.1 Å². The Bertz CT molecular complexity index is 240. The quantitative estimate of drug-likeness (QED) is 0.769. The number of nitrogens with two attached hydrogens (primary N) is 1. The Morgan fingerprint density at radius 1 is 1.31 bits per heavy atom. The summed E-state index contributed by atoms with van der Waals surface area (Å²) in [6.07, 6.45) is 3.74. The van der Waals surface area contributed by atoms with Crippen LogP contribution in [0.25, 0.3) is 0 Å². The molecule has 0 bridgehead atoms. The number of nitrogens with one attached hydrogen (secondary N) is 1. The maximum Gasteiger partial charge on any atom is 0.234 e. The molecule has 1 aliphatic carbocycles. The molecule has 3 nitrogen and oxygen atoms in total. The topological polar surface area (TPSA) is 55.1 Å². The lowest BCUT2D eigenvalue weighted by Gasteiger charge is -2.39. The highest BCUT2D eigenvalue weighted by molar-refractivity contribution is 5.79. The van der Waals surface area contributed by atoms with E-state index < -0.39 is 0 Å². The van der Waals surface area contributed by atoms with Crippen LogP contribution in [-0.4, -0.2) is 18.0 Å². The standard InChI is InChI=1S/C13H26N2O/c1-8(2)11-6-5-9(3)7-12(11)15-10(4)13(14)16/h8-12,15H,5-7H2,1-4H3,(H2,14,16). The molecular formula is C13H26N2O. The Balaban J connectivity index is 2.60. The van der Waals surface area contributed by atoms with Gasteiger partial charge in [0, 0.05) is 6.04 Å². The fourth-order valence-electron chi connectivity index (χ4n) is 2.80. The first kappa shape index (κ1) is 13.5. The molecule has 0 saturated heterocycles.